The zero-order chi connectivity index (χ0) is 15.5. The molecule has 0 atom stereocenters. The molecule has 0 saturated carbocycles. The molecule has 0 unspecified atom stereocenters. The molecule has 0 amide bonds. The van der Waals surface area contributed by atoms with Crippen LogP contribution in [0.3, 0.4) is 0 Å². The van der Waals surface area contributed by atoms with Gasteiger partial charge in [0, 0.05) is 6.61 Å². The van der Waals surface area contributed by atoms with E-state index in [0.29, 0.717) is 0 Å². The van der Waals surface area contributed by atoms with Gasteiger partial charge in [-0.05, 0) is 42.5 Å². The van der Waals surface area contributed by atoms with Crippen molar-refractivity contribution in [3.8, 4) is 0 Å². The second-order valence-corrected chi connectivity index (χ2v) is 8.05. The molecule has 0 bridgehead atoms. The quantitative estimate of drug-likeness (QED) is 0.353. The highest BCUT2D eigenvalue weighted by Gasteiger charge is 2.13. The van der Waals surface area contributed by atoms with Gasteiger partial charge in [0.2, 0.25) is 0 Å². The lowest BCUT2D eigenvalue weighted by Gasteiger charge is -2.17. The van der Waals surface area contributed by atoms with E-state index in [-0.39, 0.29) is 0 Å². The van der Waals surface area contributed by atoms with Crippen LogP contribution in [0.5, 0.6) is 0 Å². The van der Waals surface area contributed by atoms with Gasteiger partial charge in [-0.15, -0.1) is 6.58 Å². The van der Waals surface area contributed by atoms with E-state index in [0.717, 1.165) is 31.5 Å². The fourth-order valence-electron chi connectivity index (χ4n) is 2.58. The largest absolute Gasteiger partial charge is 0.419 e. The Morgan fingerprint density at radius 3 is 1.86 bits per heavy atom. The molecule has 22 heavy (non-hydrogen) atoms. The summed E-state index contributed by atoms with van der Waals surface area (Å²) in [6, 6.07) is 23.7. The Morgan fingerprint density at radius 2 is 1.36 bits per heavy atom. The van der Waals surface area contributed by atoms with E-state index in [9.17, 15) is 0 Å². The van der Waals surface area contributed by atoms with Crippen LogP contribution in [0.15, 0.2) is 73.3 Å². The predicted octanol–water partition coefficient (Wildman–Crippen LogP) is 4.65. The van der Waals surface area contributed by atoms with Crippen molar-refractivity contribution in [2.75, 3.05) is 6.61 Å². The first-order chi connectivity index (χ1) is 10.9. The van der Waals surface area contributed by atoms with Crippen LogP contribution in [0.4, 0.5) is 0 Å². The molecule has 0 fully saturated rings. The van der Waals surface area contributed by atoms with E-state index in [1.54, 1.807) is 0 Å². The Bertz CT molecular complexity index is 482. The second kappa shape index (κ2) is 10.1. The zero-order valence-electron chi connectivity index (χ0n) is 13.3. The lowest BCUT2D eigenvalue weighted by molar-refractivity contribution is 0.306. The molecular formula is C20H26OSi. The number of unbranched alkanes of at least 4 members (excludes halogenated alkanes) is 2. The van der Waals surface area contributed by atoms with Crippen molar-refractivity contribution in [2.45, 2.75) is 31.4 Å². The van der Waals surface area contributed by atoms with Crippen molar-refractivity contribution in [3.05, 3.63) is 84.4 Å². The summed E-state index contributed by atoms with van der Waals surface area (Å²) in [5.74, 6) is 0. The van der Waals surface area contributed by atoms with Gasteiger partial charge in [0.25, 0.3) is 0 Å². The molecule has 0 aliphatic heterocycles. The van der Waals surface area contributed by atoms with Crippen molar-refractivity contribution < 1.29 is 4.43 Å². The summed E-state index contributed by atoms with van der Waals surface area (Å²) >= 11 is 0. The highest BCUT2D eigenvalue weighted by Crippen LogP contribution is 2.10. The smallest absolute Gasteiger partial charge is 0.185 e. The maximum absolute atomic E-state index is 6.30. The summed E-state index contributed by atoms with van der Waals surface area (Å²) in [4.78, 5) is 0. The molecule has 0 aliphatic carbocycles. The molecule has 116 valence electrons. The van der Waals surface area contributed by atoms with Gasteiger partial charge < -0.3 is 4.43 Å². The highest BCUT2D eigenvalue weighted by atomic mass is 28.3. The Labute approximate surface area is 136 Å². The molecule has 0 N–H and O–H groups in total. The topological polar surface area (TPSA) is 9.23 Å². The summed E-state index contributed by atoms with van der Waals surface area (Å²) in [6.07, 6.45) is 5.40. The van der Waals surface area contributed by atoms with Gasteiger partial charge >= 0.3 is 0 Å². The molecule has 0 heterocycles. The number of benzene rings is 2. The molecule has 0 saturated heterocycles. The normalized spacial score (nSPS) is 10.8. The monoisotopic (exact) mass is 310 g/mol. The summed E-state index contributed by atoms with van der Waals surface area (Å²) in [5.41, 5.74) is 2.81. The van der Waals surface area contributed by atoms with Crippen molar-refractivity contribution in [2.24, 2.45) is 0 Å². The van der Waals surface area contributed by atoms with E-state index in [2.05, 4.69) is 67.2 Å². The van der Waals surface area contributed by atoms with E-state index < -0.39 is 9.04 Å². The lowest BCUT2D eigenvalue weighted by atomic mass is 10.2. The van der Waals surface area contributed by atoms with Gasteiger partial charge in [0.15, 0.2) is 9.04 Å². The first-order valence-corrected chi connectivity index (χ1v) is 10.3. The minimum Gasteiger partial charge on any atom is -0.419 e. The van der Waals surface area contributed by atoms with Gasteiger partial charge in [0.1, 0.15) is 0 Å². The van der Waals surface area contributed by atoms with E-state index in [1.165, 1.54) is 17.5 Å². The average molecular weight is 311 g/mol. The summed E-state index contributed by atoms with van der Waals surface area (Å²) in [7, 11) is -1.26. The Balaban J connectivity index is 1.89. The average Bonchev–Trinajstić information content (AvgIpc) is 2.56. The second-order valence-electron chi connectivity index (χ2n) is 5.66. The summed E-state index contributed by atoms with van der Waals surface area (Å²) in [6.45, 7) is 4.67. The molecule has 2 aromatic carbocycles. The van der Waals surface area contributed by atoms with Crippen LogP contribution < -0.4 is 0 Å². The van der Waals surface area contributed by atoms with Crippen molar-refractivity contribution in [3.63, 3.8) is 0 Å². The molecule has 0 aromatic heterocycles. The molecule has 2 aromatic rings. The molecule has 0 aliphatic rings. The highest BCUT2D eigenvalue weighted by molar-refractivity contribution is 6.50. The van der Waals surface area contributed by atoms with Crippen LogP contribution in [0.25, 0.3) is 0 Å². The minimum atomic E-state index is -1.26. The standard InChI is InChI=1S/C20H26OSi/c1-2-3-4-11-16-21-22(17-19-12-7-5-8-13-19)18-20-14-9-6-10-15-20/h2,5-10,12-15,22H,1,3-4,11,16-18H2. The Kier molecular flexibility index (Phi) is 7.71. The fourth-order valence-corrected chi connectivity index (χ4v) is 5.06. The molecular weight excluding hydrogens is 284 g/mol. The third kappa shape index (κ3) is 6.42. The van der Waals surface area contributed by atoms with Crippen LogP contribution >= 0.6 is 0 Å². The van der Waals surface area contributed by atoms with E-state index >= 15 is 0 Å². The van der Waals surface area contributed by atoms with E-state index in [4.69, 9.17) is 4.43 Å². The maximum atomic E-state index is 6.30. The van der Waals surface area contributed by atoms with Crippen LogP contribution in [-0.4, -0.2) is 15.6 Å². The van der Waals surface area contributed by atoms with Crippen molar-refractivity contribution in [1.29, 1.82) is 0 Å². The number of rotatable bonds is 10. The van der Waals surface area contributed by atoms with Gasteiger partial charge in [-0.25, -0.2) is 0 Å². The Hall–Kier alpha value is -1.64. The third-order valence-electron chi connectivity index (χ3n) is 3.77. The number of hydrogen-bond acceptors (Lipinski definition) is 1. The molecule has 1 nitrogen and oxygen atoms in total. The van der Waals surface area contributed by atoms with Gasteiger partial charge in [-0.2, -0.15) is 0 Å². The summed E-state index contributed by atoms with van der Waals surface area (Å²) < 4.78 is 6.30. The van der Waals surface area contributed by atoms with Crippen LogP contribution in [0.1, 0.15) is 30.4 Å². The van der Waals surface area contributed by atoms with Crippen LogP contribution in [0.2, 0.25) is 0 Å². The zero-order valence-corrected chi connectivity index (χ0v) is 14.4. The SMILES string of the molecule is C=CCCCCO[SiH](Cc1ccccc1)Cc1ccccc1. The van der Waals surface area contributed by atoms with Crippen molar-refractivity contribution >= 4 is 9.04 Å². The Morgan fingerprint density at radius 1 is 0.818 bits per heavy atom. The fraction of sp³-hybridized carbons (Fsp3) is 0.300. The minimum absolute atomic E-state index is 0.893. The maximum Gasteiger partial charge on any atom is 0.185 e. The molecule has 2 heteroatoms. The molecule has 0 spiro atoms. The first-order valence-electron chi connectivity index (χ1n) is 8.19. The summed E-state index contributed by atoms with van der Waals surface area (Å²) in [5, 5.41) is 0. The third-order valence-corrected chi connectivity index (χ3v) is 6.33. The molecule has 2 rings (SSSR count). The van der Waals surface area contributed by atoms with E-state index in [1.807, 2.05) is 6.08 Å². The number of allylic oxidation sites excluding steroid dienone is 1. The van der Waals surface area contributed by atoms with Crippen LogP contribution in [-0.2, 0) is 16.5 Å². The van der Waals surface area contributed by atoms with Crippen LogP contribution in [0, 0.1) is 0 Å². The van der Waals surface area contributed by atoms with Gasteiger partial charge in [-0.1, -0.05) is 66.7 Å². The van der Waals surface area contributed by atoms with Gasteiger partial charge in [-0.3, -0.25) is 0 Å². The molecule has 0 radical (unpaired) electrons. The predicted molar refractivity (Wildman–Crippen MR) is 97.4 cm³/mol. The van der Waals surface area contributed by atoms with Gasteiger partial charge in [0.05, 0.1) is 0 Å². The first kappa shape index (κ1) is 16.7. The lowest BCUT2D eigenvalue weighted by Crippen LogP contribution is -2.26. The van der Waals surface area contributed by atoms with Crippen molar-refractivity contribution in [1.82, 2.24) is 0 Å². The number of hydrogen-bond donors (Lipinski definition) is 0.